The van der Waals surface area contributed by atoms with Crippen LogP contribution in [-0.4, -0.2) is 54.6 Å². The Kier molecular flexibility index (Phi) is 6.18. The summed E-state index contributed by atoms with van der Waals surface area (Å²) in [5, 5.41) is 10.8. The molecule has 0 aromatic heterocycles. The summed E-state index contributed by atoms with van der Waals surface area (Å²) in [4.78, 5) is 2.45. The molecule has 1 saturated heterocycles. The van der Waals surface area contributed by atoms with E-state index in [9.17, 15) is 5.11 Å². The number of fused-ring (bicyclic) bond motifs is 3. The second-order valence-corrected chi connectivity index (χ2v) is 10.5. The van der Waals surface area contributed by atoms with Crippen LogP contribution < -0.4 is 9.47 Å². The monoisotopic (exact) mass is 467 g/mol. The minimum Gasteiger partial charge on any atom is -0.493 e. The van der Waals surface area contributed by atoms with Gasteiger partial charge in [-0.15, -0.1) is 0 Å². The highest BCUT2D eigenvalue weighted by molar-refractivity contribution is 9.10. The second-order valence-electron chi connectivity index (χ2n) is 9.73. The molecule has 0 unspecified atom stereocenters. The molecule has 3 atom stereocenters. The van der Waals surface area contributed by atoms with E-state index in [1.54, 1.807) is 7.11 Å². The molecule has 1 aliphatic carbocycles. The Bertz CT molecular complexity index is 743. The number of hydrogen-bond acceptors (Lipinski definition) is 5. The molecule has 1 aromatic rings. The van der Waals surface area contributed by atoms with Gasteiger partial charge in [-0.05, 0) is 85.5 Å². The van der Waals surface area contributed by atoms with E-state index in [-0.39, 0.29) is 17.7 Å². The van der Waals surface area contributed by atoms with Crippen molar-refractivity contribution in [3.63, 3.8) is 0 Å². The molecule has 3 aliphatic rings. The average molecular weight is 468 g/mol. The third-order valence-corrected chi connectivity index (χ3v) is 7.33. The molecule has 2 fully saturated rings. The number of piperidine rings is 1. The summed E-state index contributed by atoms with van der Waals surface area (Å²) < 4.78 is 19.1. The summed E-state index contributed by atoms with van der Waals surface area (Å²) in [5.74, 6) is 2.28. The molecule has 2 heterocycles. The number of methoxy groups -OCH3 is 1. The van der Waals surface area contributed by atoms with Crippen LogP contribution in [0.15, 0.2) is 10.5 Å². The summed E-state index contributed by atoms with van der Waals surface area (Å²) in [6.07, 6.45) is 4.84. The Morgan fingerprint density at radius 1 is 1.28 bits per heavy atom. The van der Waals surface area contributed by atoms with Gasteiger partial charge in [0.25, 0.3) is 0 Å². The van der Waals surface area contributed by atoms with Gasteiger partial charge in [0.05, 0.1) is 36.0 Å². The van der Waals surface area contributed by atoms with Crippen molar-refractivity contribution < 1.29 is 19.3 Å². The predicted molar refractivity (Wildman–Crippen MR) is 117 cm³/mol. The molecule has 5 nitrogen and oxygen atoms in total. The van der Waals surface area contributed by atoms with Crippen molar-refractivity contribution in [2.45, 2.75) is 76.7 Å². The second kappa shape index (κ2) is 8.37. The molecule has 0 spiro atoms. The molecular weight excluding hydrogens is 434 g/mol. The lowest BCUT2D eigenvalue weighted by Gasteiger charge is -2.47. The van der Waals surface area contributed by atoms with Gasteiger partial charge in [0.2, 0.25) is 0 Å². The van der Waals surface area contributed by atoms with Crippen molar-refractivity contribution in [3.05, 3.63) is 21.7 Å². The Balaban J connectivity index is 1.57. The van der Waals surface area contributed by atoms with Crippen LogP contribution in [-0.2, 0) is 11.2 Å². The minimum atomic E-state index is -0.472. The highest BCUT2D eigenvalue weighted by atomic mass is 79.9. The molecule has 29 heavy (non-hydrogen) atoms. The first kappa shape index (κ1) is 21.4. The first-order chi connectivity index (χ1) is 13.8. The summed E-state index contributed by atoms with van der Waals surface area (Å²) in [5.41, 5.74) is 2.27. The van der Waals surface area contributed by atoms with E-state index in [1.165, 1.54) is 30.4 Å². The van der Waals surface area contributed by atoms with Crippen molar-refractivity contribution in [2.24, 2.45) is 5.92 Å². The van der Waals surface area contributed by atoms with E-state index >= 15 is 0 Å². The SMILES string of the molecule is COc1cc2c(c(Br)c1OCC1CCC1)CCN1C[C@@H](OC(C)(C)C)[C@H](O)C[C@H]21. The third kappa shape index (κ3) is 4.46. The van der Waals surface area contributed by atoms with Gasteiger partial charge in [-0.3, -0.25) is 4.90 Å². The van der Waals surface area contributed by atoms with Crippen molar-refractivity contribution in [1.29, 1.82) is 0 Å². The van der Waals surface area contributed by atoms with E-state index in [2.05, 4.69) is 26.9 Å². The number of aliphatic hydroxyl groups is 1. The van der Waals surface area contributed by atoms with Gasteiger partial charge in [-0.1, -0.05) is 6.42 Å². The molecule has 1 saturated carbocycles. The summed E-state index contributed by atoms with van der Waals surface area (Å²) in [6.45, 7) is 8.61. The Morgan fingerprint density at radius 2 is 2.03 bits per heavy atom. The highest BCUT2D eigenvalue weighted by Gasteiger charge is 2.41. The summed E-state index contributed by atoms with van der Waals surface area (Å²) >= 11 is 3.82. The van der Waals surface area contributed by atoms with E-state index < -0.39 is 6.10 Å². The first-order valence-corrected chi connectivity index (χ1v) is 11.7. The maximum atomic E-state index is 10.8. The lowest BCUT2D eigenvalue weighted by atomic mass is 9.84. The first-order valence-electron chi connectivity index (χ1n) is 10.9. The molecule has 1 N–H and O–H groups in total. The standard InChI is InChI=1S/C23H34BrNO4/c1-23(2,3)29-20-12-25-9-8-15-16(17(25)11-18(20)26)10-19(27-4)22(21(15)24)28-13-14-6-5-7-14/h10,14,17-18,20,26H,5-9,11-13H2,1-4H3/t17-,18-,20-/m1/s1. The van der Waals surface area contributed by atoms with Gasteiger partial charge >= 0.3 is 0 Å². The quantitative estimate of drug-likeness (QED) is 0.691. The fourth-order valence-electron chi connectivity index (χ4n) is 4.77. The van der Waals surface area contributed by atoms with Crippen LogP contribution in [0.25, 0.3) is 0 Å². The Labute approximate surface area is 182 Å². The molecule has 0 radical (unpaired) electrons. The van der Waals surface area contributed by atoms with Crippen LogP contribution in [0.1, 0.15) is 63.6 Å². The van der Waals surface area contributed by atoms with Crippen molar-refractivity contribution in [2.75, 3.05) is 26.8 Å². The molecule has 4 rings (SSSR count). The minimum absolute atomic E-state index is 0.150. The summed E-state index contributed by atoms with van der Waals surface area (Å²) in [7, 11) is 1.70. The van der Waals surface area contributed by atoms with Gasteiger partial charge in [-0.2, -0.15) is 0 Å². The highest BCUT2D eigenvalue weighted by Crippen LogP contribution is 2.47. The largest absolute Gasteiger partial charge is 0.493 e. The summed E-state index contributed by atoms with van der Waals surface area (Å²) in [6, 6.07) is 2.31. The van der Waals surface area contributed by atoms with Crippen LogP contribution in [0.3, 0.4) is 0 Å². The van der Waals surface area contributed by atoms with Crippen LogP contribution >= 0.6 is 15.9 Å². The van der Waals surface area contributed by atoms with E-state index in [4.69, 9.17) is 14.2 Å². The predicted octanol–water partition coefficient (Wildman–Crippen LogP) is 4.48. The van der Waals surface area contributed by atoms with Crippen molar-refractivity contribution >= 4 is 15.9 Å². The molecule has 1 aromatic carbocycles. The van der Waals surface area contributed by atoms with E-state index in [0.717, 1.165) is 42.1 Å². The Hall–Kier alpha value is -0.820. The number of halogens is 1. The number of hydrogen-bond donors (Lipinski definition) is 1. The van der Waals surface area contributed by atoms with Gasteiger partial charge < -0.3 is 19.3 Å². The number of ether oxygens (including phenoxy) is 3. The van der Waals surface area contributed by atoms with E-state index in [0.29, 0.717) is 12.3 Å². The molecular formula is C23H34BrNO4. The maximum absolute atomic E-state index is 10.8. The van der Waals surface area contributed by atoms with Crippen molar-refractivity contribution in [3.8, 4) is 11.5 Å². The number of rotatable bonds is 5. The normalized spacial score (nSPS) is 27.7. The lowest BCUT2D eigenvalue weighted by Crippen LogP contribution is -2.53. The van der Waals surface area contributed by atoms with Crippen LogP contribution in [0.4, 0.5) is 0 Å². The van der Waals surface area contributed by atoms with Crippen LogP contribution in [0, 0.1) is 5.92 Å². The molecule has 162 valence electrons. The van der Waals surface area contributed by atoms with Crippen molar-refractivity contribution in [1.82, 2.24) is 4.90 Å². The number of nitrogens with zero attached hydrogens (tertiary/aromatic N) is 1. The van der Waals surface area contributed by atoms with Gasteiger partial charge in [-0.25, -0.2) is 0 Å². The van der Waals surface area contributed by atoms with Gasteiger partial charge in [0.15, 0.2) is 11.5 Å². The number of benzene rings is 1. The fourth-order valence-corrected chi connectivity index (χ4v) is 5.51. The molecule has 0 amide bonds. The van der Waals surface area contributed by atoms with E-state index in [1.807, 2.05) is 20.8 Å². The third-order valence-electron chi connectivity index (χ3n) is 6.49. The van der Waals surface area contributed by atoms with Gasteiger partial charge in [0, 0.05) is 19.1 Å². The molecule has 2 aliphatic heterocycles. The zero-order valence-electron chi connectivity index (χ0n) is 18.0. The van der Waals surface area contributed by atoms with Crippen LogP contribution in [0.2, 0.25) is 0 Å². The zero-order chi connectivity index (χ0) is 20.8. The maximum Gasteiger partial charge on any atom is 0.175 e. The van der Waals surface area contributed by atoms with Gasteiger partial charge in [0.1, 0.15) is 0 Å². The number of aliphatic hydroxyl groups excluding tert-OH is 1. The smallest absolute Gasteiger partial charge is 0.175 e. The lowest BCUT2D eigenvalue weighted by molar-refractivity contribution is -0.149. The molecule has 0 bridgehead atoms. The average Bonchev–Trinajstić information content (AvgIpc) is 2.61. The Morgan fingerprint density at radius 3 is 2.66 bits per heavy atom. The topological polar surface area (TPSA) is 51.2 Å². The molecule has 6 heteroatoms. The fraction of sp³-hybridized carbons (Fsp3) is 0.739. The van der Waals surface area contributed by atoms with Crippen LogP contribution in [0.5, 0.6) is 11.5 Å². The zero-order valence-corrected chi connectivity index (χ0v) is 19.6.